The van der Waals surface area contributed by atoms with Gasteiger partial charge in [0.25, 0.3) is 0 Å². The first kappa shape index (κ1) is 23.4. The van der Waals surface area contributed by atoms with Gasteiger partial charge in [-0.2, -0.15) is 13.2 Å². The number of hydrogen-bond acceptors (Lipinski definition) is 5. The fourth-order valence-electron chi connectivity index (χ4n) is 2.19. The van der Waals surface area contributed by atoms with Gasteiger partial charge in [-0.15, -0.1) is 0 Å². The molecular weight excluding hydrogens is 363 g/mol. The zero-order valence-corrected chi connectivity index (χ0v) is 16.4. The second-order valence-corrected chi connectivity index (χ2v) is 7.05. The summed E-state index contributed by atoms with van der Waals surface area (Å²) >= 11 is 0. The van der Waals surface area contributed by atoms with E-state index >= 15 is 0 Å². The highest BCUT2D eigenvalue weighted by atomic mass is 19.4. The predicted molar refractivity (Wildman–Crippen MR) is 95.0 cm³/mol. The third-order valence-corrected chi connectivity index (χ3v) is 3.78. The highest BCUT2D eigenvalue weighted by molar-refractivity contribution is 5.75. The van der Waals surface area contributed by atoms with Crippen LogP contribution in [0.15, 0.2) is 24.3 Å². The third kappa shape index (κ3) is 7.86. The fourth-order valence-corrected chi connectivity index (χ4v) is 2.19. The molecule has 2 unspecified atom stereocenters. The summed E-state index contributed by atoms with van der Waals surface area (Å²) in [6, 6.07) is 4.25. The van der Waals surface area contributed by atoms with E-state index < -0.39 is 35.5 Å². The fraction of sp³-hybridized carbons (Fsp3) is 0.632. The van der Waals surface area contributed by atoms with Gasteiger partial charge in [0.2, 0.25) is 0 Å². The van der Waals surface area contributed by atoms with E-state index in [9.17, 15) is 18.0 Å². The van der Waals surface area contributed by atoms with Crippen molar-refractivity contribution in [1.29, 1.82) is 0 Å². The smallest absolute Gasteiger partial charge is 0.416 e. The first-order valence-electron chi connectivity index (χ1n) is 8.71. The van der Waals surface area contributed by atoms with Crippen LogP contribution in [-0.4, -0.2) is 39.1 Å². The maximum absolute atomic E-state index is 12.8. The molecule has 0 saturated carbocycles. The number of halogens is 3. The van der Waals surface area contributed by atoms with Crippen LogP contribution in [0.3, 0.4) is 0 Å². The number of esters is 1. The van der Waals surface area contributed by atoms with Gasteiger partial charge in [0.05, 0.1) is 17.0 Å². The van der Waals surface area contributed by atoms with E-state index in [1.165, 1.54) is 19.2 Å². The van der Waals surface area contributed by atoms with E-state index in [1.807, 2.05) is 6.92 Å². The molecule has 0 aromatic heterocycles. The van der Waals surface area contributed by atoms with Crippen LogP contribution in [0.4, 0.5) is 13.2 Å². The largest absolute Gasteiger partial charge is 0.463 e. The van der Waals surface area contributed by atoms with E-state index in [-0.39, 0.29) is 13.2 Å². The van der Waals surface area contributed by atoms with Gasteiger partial charge in [-0.1, -0.05) is 12.1 Å². The first-order chi connectivity index (χ1) is 12.5. The molecule has 1 aromatic carbocycles. The number of methoxy groups -OCH3 is 1. The molecule has 1 aromatic rings. The van der Waals surface area contributed by atoms with Crippen LogP contribution in [0.2, 0.25) is 0 Å². The molecule has 0 spiro atoms. The van der Waals surface area contributed by atoms with Crippen molar-refractivity contribution in [1.82, 2.24) is 5.32 Å². The predicted octanol–water partition coefficient (Wildman–Crippen LogP) is 3.93. The van der Waals surface area contributed by atoms with E-state index in [4.69, 9.17) is 14.2 Å². The minimum absolute atomic E-state index is 0.0238. The van der Waals surface area contributed by atoms with Gasteiger partial charge in [0, 0.05) is 20.3 Å². The summed E-state index contributed by atoms with van der Waals surface area (Å²) < 4.78 is 54.2. The van der Waals surface area contributed by atoms with Crippen LogP contribution < -0.4 is 5.32 Å². The maximum Gasteiger partial charge on any atom is 0.416 e. The van der Waals surface area contributed by atoms with Gasteiger partial charge in [-0.3, -0.25) is 4.79 Å². The number of carbonyl (C=O) groups excluding carboxylic acids is 1. The van der Waals surface area contributed by atoms with Crippen LogP contribution >= 0.6 is 0 Å². The summed E-state index contributed by atoms with van der Waals surface area (Å²) in [6.45, 7) is 7.71. The molecule has 0 saturated heterocycles. The van der Waals surface area contributed by atoms with Crippen molar-refractivity contribution in [2.45, 2.75) is 46.2 Å². The zero-order chi connectivity index (χ0) is 20.7. The van der Waals surface area contributed by atoms with Gasteiger partial charge < -0.3 is 19.5 Å². The molecule has 154 valence electrons. The van der Waals surface area contributed by atoms with Crippen LogP contribution in [-0.2, 0) is 25.2 Å². The molecule has 0 radical (unpaired) electrons. The van der Waals surface area contributed by atoms with Crippen molar-refractivity contribution in [3.63, 3.8) is 0 Å². The van der Waals surface area contributed by atoms with Crippen molar-refractivity contribution >= 4 is 5.97 Å². The monoisotopic (exact) mass is 391 g/mol. The molecule has 0 heterocycles. The molecule has 1 N–H and O–H groups in total. The summed E-state index contributed by atoms with van der Waals surface area (Å²) in [4.78, 5) is 12.0. The number of carbonyl (C=O) groups is 1. The zero-order valence-electron chi connectivity index (χ0n) is 16.4. The summed E-state index contributed by atoms with van der Waals surface area (Å²) in [5, 5.41) is 3.13. The average molecular weight is 391 g/mol. The minimum Gasteiger partial charge on any atom is -0.463 e. The van der Waals surface area contributed by atoms with Crippen molar-refractivity contribution < 1.29 is 32.2 Å². The second-order valence-electron chi connectivity index (χ2n) is 7.05. The summed E-state index contributed by atoms with van der Waals surface area (Å²) in [5.74, 6) is -0.394. The summed E-state index contributed by atoms with van der Waals surface area (Å²) in [7, 11) is 1.49. The molecule has 0 fully saturated rings. The average Bonchev–Trinajstić information content (AvgIpc) is 2.59. The molecule has 27 heavy (non-hydrogen) atoms. The number of ether oxygens (including phenoxy) is 3. The standard InChI is InChI=1S/C19H28F3NO4/c1-6-26-16(25-5)11-23-15(12-27-17(24)18(2,3)4)13-7-9-14(10-8-13)19(20,21)22/h7-10,15-16,23H,6,11-12H2,1-5H3. The second kappa shape index (κ2) is 10.1. The van der Waals surface area contributed by atoms with E-state index in [2.05, 4.69) is 5.32 Å². The Morgan fingerprint density at radius 3 is 2.19 bits per heavy atom. The Hall–Kier alpha value is -1.64. The van der Waals surface area contributed by atoms with Crippen molar-refractivity contribution in [3.05, 3.63) is 35.4 Å². The molecule has 0 amide bonds. The van der Waals surface area contributed by atoms with E-state index in [0.29, 0.717) is 12.2 Å². The molecule has 0 aliphatic carbocycles. The molecule has 5 nitrogen and oxygen atoms in total. The SMILES string of the molecule is CCOC(CNC(COC(=O)C(C)(C)C)c1ccc(C(F)(F)F)cc1)OC. The third-order valence-electron chi connectivity index (χ3n) is 3.78. The molecule has 2 atom stereocenters. The number of rotatable bonds is 9. The van der Waals surface area contributed by atoms with Crippen LogP contribution in [0, 0.1) is 5.41 Å². The molecule has 8 heteroatoms. The maximum atomic E-state index is 12.8. The Bertz CT molecular complexity index is 582. The highest BCUT2D eigenvalue weighted by Crippen LogP contribution is 2.30. The van der Waals surface area contributed by atoms with Crippen molar-refractivity contribution in [3.8, 4) is 0 Å². The van der Waals surface area contributed by atoms with Gasteiger partial charge in [0.1, 0.15) is 6.61 Å². The lowest BCUT2D eigenvalue weighted by Crippen LogP contribution is -2.36. The normalized spacial score (nSPS) is 14.7. The van der Waals surface area contributed by atoms with E-state index in [0.717, 1.165) is 12.1 Å². The van der Waals surface area contributed by atoms with Gasteiger partial charge in [0.15, 0.2) is 6.29 Å². The van der Waals surface area contributed by atoms with E-state index in [1.54, 1.807) is 20.8 Å². The quantitative estimate of drug-likeness (QED) is 0.511. The Kier molecular flexibility index (Phi) is 8.71. The molecular formula is C19H28F3NO4. The number of alkyl halides is 3. The Morgan fingerprint density at radius 2 is 1.74 bits per heavy atom. The molecule has 0 aliphatic rings. The Labute approximate surface area is 158 Å². The number of nitrogens with one attached hydrogen (secondary N) is 1. The first-order valence-corrected chi connectivity index (χ1v) is 8.71. The molecule has 1 rings (SSSR count). The lowest BCUT2D eigenvalue weighted by Gasteiger charge is -2.24. The number of benzene rings is 1. The number of hydrogen-bond donors (Lipinski definition) is 1. The van der Waals surface area contributed by atoms with Gasteiger partial charge >= 0.3 is 12.1 Å². The van der Waals surface area contributed by atoms with Crippen molar-refractivity contribution in [2.24, 2.45) is 5.41 Å². The van der Waals surface area contributed by atoms with Crippen LogP contribution in [0.1, 0.15) is 44.9 Å². The topological polar surface area (TPSA) is 56.8 Å². The molecule has 0 bridgehead atoms. The Morgan fingerprint density at radius 1 is 1.15 bits per heavy atom. The summed E-state index contributed by atoms with van der Waals surface area (Å²) in [6.07, 6.45) is -4.93. The van der Waals surface area contributed by atoms with Crippen LogP contribution in [0.5, 0.6) is 0 Å². The molecule has 0 aliphatic heterocycles. The Balaban J connectivity index is 2.90. The lowest BCUT2D eigenvalue weighted by molar-refractivity contribution is -0.154. The van der Waals surface area contributed by atoms with Crippen LogP contribution in [0.25, 0.3) is 0 Å². The summed E-state index contributed by atoms with van der Waals surface area (Å²) in [5.41, 5.74) is -0.845. The van der Waals surface area contributed by atoms with Gasteiger partial charge in [-0.05, 0) is 45.4 Å². The highest BCUT2D eigenvalue weighted by Gasteiger charge is 2.30. The van der Waals surface area contributed by atoms with Crippen molar-refractivity contribution in [2.75, 3.05) is 26.9 Å². The minimum atomic E-state index is -4.41. The lowest BCUT2D eigenvalue weighted by atomic mass is 9.97. The van der Waals surface area contributed by atoms with Gasteiger partial charge in [-0.25, -0.2) is 0 Å².